The van der Waals surface area contributed by atoms with Gasteiger partial charge in [-0.05, 0) is 68.0 Å². The molecule has 0 saturated carbocycles. The number of carbonyl (C=O) groups excluding carboxylic acids is 3. The smallest absolute Gasteiger partial charge is 0.272 e. The Labute approximate surface area is 243 Å². The number of thioether (sulfide) groups is 1. The van der Waals surface area contributed by atoms with E-state index in [1.807, 2.05) is 55.6 Å². The Morgan fingerprint density at radius 3 is 2.46 bits per heavy atom. The third-order valence-electron chi connectivity index (χ3n) is 5.31. The summed E-state index contributed by atoms with van der Waals surface area (Å²) in [6.45, 7) is 3.68. The van der Waals surface area contributed by atoms with E-state index in [4.69, 9.17) is 0 Å². The maximum atomic E-state index is 13.3. The molecule has 1 aromatic heterocycles. The van der Waals surface area contributed by atoms with Crippen molar-refractivity contribution in [1.82, 2.24) is 10.3 Å². The number of aromatic nitrogens is 1. The fraction of sp³-hybridized carbons (Fsp3) is 0.103. The van der Waals surface area contributed by atoms with Gasteiger partial charge in [-0.2, -0.15) is 0 Å². The number of aryl methyl sites for hydroxylation is 1. The quantitative estimate of drug-likeness (QED) is 0.142. The van der Waals surface area contributed by atoms with Crippen LogP contribution in [0.25, 0.3) is 6.08 Å². The van der Waals surface area contributed by atoms with Gasteiger partial charge in [0.25, 0.3) is 11.8 Å². The zero-order valence-corrected chi connectivity index (χ0v) is 24.3. The Morgan fingerprint density at radius 2 is 1.74 bits per heavy atom. The number of hydrogen-bond donors (Lipinski definition) is 3. The van der Waals surface area contributed by atoms with Gasteiger partial charge >= 0.3 is 0 Å². The van der Waals surface area contributed by atoms with E-state index < -0.39 is 17.1 Å². The fourth-order valence-electron chi connectivity index (χ4n) is 3.43. The zero-order chi connectivity index (χ0) is 27.8. The minimum Gasteiger partial charge on any atom is -0.321 e. The van der Waals surface area contributed by atoms with Crippen LogP contribution in [0, 0.1) is 6.92 Å². The molecule has 0 aliphatic carbocycles. The number of hydrogen-bond acceptors (Lipinski definition) is 6. The number of nitrogens with zero attached hydrogens (tertiary/aromatic N) is 1. The molecule has 0 aliphatic rings. The molecule has 3 amide bonds. The van der Waals surface area contributed by atoms with Crippen LogP contribution in [0.5, 0.6) is 0 Å². The van der Waals surface area contributed by atoms with E-state index in [1.165, 1.54) is 23.1 Å². The van der Waals surface area contributed by atoms with Gasteiger partial charge in [-0.15, -0.1) is 23.1 Å². The SMILES string of the molecule is Cc1csc(NC(=O)C(C)Sc2cccc(NC(=O)/C(=C\c3cccc(Br)c3)NC(=O)c3ccccc3)c2)n1. The molecule has 198 valence electrons. The third kappa shape index (κ3) is 8.38. The van der Waals surface area contributed by atoms with Crippen molar-refractivity contribution in [3.05, 3.63) is 111 Å². The van der Waals surface area contributed by atoms with Gasteiger partial charge in [0.2, 0.25) is 5.91 Å². The second kappa shape index (κ2) is 13.4. The number of thiazole rings is 1. The first-order valence-corrected chi connectivity index (χ1v) is 14.5. The number of rotatable bonds is 9. The summed E-state index contributed by atoms with van der Waals surface area (Å²) in [7, 11) is 0. The summed E-state index contributed by atoms with van der Waals surface area (Å²) in [6.07, 6.45) is 1.62. The van der Waals surface area contributed by atoms with Crippen LogP contribution < -0.4 is 16.0 Å². The Kier molecular flexibility index (Phi) is 9.69. The topological polar surface area (TPSA) is 100 Å². The highest BCUT2D eigenvalue weighted by Gasteiger charge is 2.18. The highest BCUT2D eigenvalue weighted by molar-refractivity contribution is 9.10. The summed E-state index contributed by atoms with van der Waals surface area (Å²) < 4.78 is 0.846. The van der Waals surface area contributed by atoms with Crippen LogP contribution >= 0.6 is 39.0 Å². The first-order valence-electron chi connectivity index (χ1n) is 11.9. The van der Waals surface area contributed by atoms with Crippen molar-refractivity contribution in [3.63, 3.8) is 0 Å². The van der Waals surface area contributed by atoms with Gasteiger partial charge in [0.05, 0.1) is 10.9 Å². The van der Waals surface area contributed by atoms with Crippen molar-refractivity contribution in [2.75, 3.05) is 10.6 Å². The van der Waals surface area contributed by atoms with Gasteiger partial charge in [-0.3, -0.25) is 14.4 Å². The van der Waals surface area contributed by atoms with Crippen LogP contribution in [0.3, 0.4) is 0 Å². The molecule has 4 aromatic rings. The number of benzene rings is 3. The van der Waals surface area contributed by atoms with Gasteiger partial charge < -0.3 is 16.0 Å². The van der Waals surface area contributed by atoms with Gasteiger partial charge in [0.15, 0.2) is 5.13 Å². The second-order valence-corrected chi connectivity index (χ2v) is 11.6. The Balaban J connectivity index is 1.48. The number of carbonyl (C=O) groups is 3. The normalized spacial score (nSPS) is 11.9. The van der Waals surface area contributed by atoms with Crippen molar-refractivity contribution in [1.29, 1.82) is 0 Å². The standard InChI is InChI=1S/C29H25BrN4O3S2/c1-18-17-38-29(31-18)34-26(35)19(2)39-24-13-7-12-23(16-24)32-28(37)25(15-20-8-6-11-22(30)14-20)33-27(36)21-9-4-3-5-10-21/h3-17,19H,1-2H3,(H,32,37)(H,33,36)(H,31,34,35)/b25-15+. The molecule has 0 bridgehead atoms. The summed E-state index contributed by atoms with van der Waals surface area (Å²) in [5.74, 6) is -1.04. The van der Waals surface area contributed by atoms with Crippen LogP contribution in [0.15, 0.2) is 99.3 Å². The van der Waals surface area contributed by atoms with E-state index >= 15 is 0 Å². The first-order chi connectivity index (χ1) is 18.8. The lowest BCUT2D eigenvalue weighted by Crippen LogP contribution is -2.30. The molecule has 3 aromatic carbocycles. The summed E-state index contributed by atoms with van der Waals surface area (Å²) in [4.78, 5) is 43.9. The van der Waals surface area contributed by atoms with E-state index in [0.717, 1.165) is 20.6 Å². The van der Waals surface area contributed by atoms with Crippen molar-refractivity contribution in [3.8, 4) is 0 Å². The predicted molar refractivity (Wildman–Crippen MR) is 162 cm³/mol. The van der Waals surface area contributed by atoms with Crippen molar-refractivity contribution in [2.24, 2.45) is 0 Å². The van der Waals surface area contributed by atoms with Crippen molar-refractivity contribution >= 4 is 73.6 Å². The van der Waals surface area contributed by atoms with Gasteiger partial charge in [-0.25, -0.2) is 4.98 Å². The van der Waals surface area contributed by atoms with Gasteiger partial charge in [0, 0.05) is 26.0 Å². The van der Waals surface area contributed by atoms with Crippen molar-refractivity contribution in [2.45, 2.75) is 24.0 Å². The average Bonchev–Trinajstić information content (AvgIpc) is 3.33. The number of nitrogens with one attached hydrogen (secondary N) is 3. The Hall–Kier alpha value is -3.73. The van der Waals surface area contributed by atoms with E-state index in [0.29, 0.717) is 16.4 Å². The maximum Gasteiger partial charge on any atom is 0.272 e. The Morgan fingerprint density at radius 1 is 0.974 bits per heavy atom. The van der Waals surface area contributed by atoms with E-state index in [9.17, 15) is 14.4 Å². The molecule has 0 saturated heterocycles. The molecule has 4 rings (SSSR count). The molecule has 1 atom stereocenters. The molecule has 0 spiro atoms. The molecule has 39 heavy (non-hydrogen) atoms. The van der Waals surface area contributed by atoms with E-state index in [1.54, 1.807) is 48.5 Å². The van der Waals surface area contributed by atoms with Crippen LogP contribution in [0.1, 0.15) is 28.5 Å². The zero-order valence-electron chi connectivity index (χ0n) is 21.1. The maximum absolute atomic E-state index is 13.3. The molecule has 1 heterocycles. The summed E-state index contributed by atoms with van der Waals surface area (Å²) in [6, 6.07) is 23.3. The van der Waals surface area contributed by atoms with Crippen LogP contribution in [-0.4, -0.2) is 28.0 Å². The molecule has 10 heteroatoms. The highest BCUT2D eigenvalue weighted by Crippen LogP contribution is 2.27. The molecular formula is C29H25BrN4O3S2. The lowest BCUT2D eigenvalue weighted by Gasteiger charge is -2.13. The average molecular weight is 622 g/mol. The largest absolute Gasteiger partial charge is 0.321 e. The molecule has 0 aliphatic heterocycles. The number of amides is 3. The summed E-state index contributed by atoms with van der Waals surface area (Å²) in [5.41, 5.74) is 2.65. The lowest BCUT2D eigenvalue weighted by atomic mass is 10.1. The van der Waals surface area contributed by atoms with Gasteiger partial charge in [0.1, 0.15) is 5.70 Å². The summed E-state index contributed by atoms with van der Waals surface area (Å²) >= 11 is 6.18. The lowest BCUT2D eigenvalue weighted by molar-refractivity contribution is -0.115. The minimum atomic E-state index is -0.480. The monoisotopic (exact) mass is 620 g/mol. The molecule has 0 radical (unpaired) electrons. The molecule has 1 unspecified atom stereocenters. The second-order valence-electron chi connectivity index (χ2n) is 8.46. The predicted octanol–water partition coefficient (Wildman–Crippen LogP) is 6.74. The van der Waals surface area contributed by atoms with E-state index in [2.05, 4.69) is 36.9 Å². The molecule has 7 nitrogen and oxygen atoms in total. The van der Waals surface area contributed by atoms with Crippen LogP contribution in [0.2, 0.25) is 0 Å². The number of anilines is 2. The molecule has 0 fully saturated rings. The molecular weight excluding hydrogens is 596 g/mol. The van der Waals surface area contributed by atoms with E-state index in [-0.39, 0.29) is 11.6 Å². The van der Waals surface area contributed by atoms with Crippen LogP contribution in [0.4, 0.5) is 10.8 Å². The number of halogens is 1. The summed E-state index contributed by atoms with van der Waals surface area (Å²) in [5, 5.41) is 10.5. The fourth-order valence-corrected chi connectivity index (χ4v) is 5.46. The highest BCUT2D eigenvalue weighted by atomic mass is 79.9. The van der Waals surface area contributed by atoms with Gasteiger partial charge in [-0.1, -0.05) is 52.3 Å². The third-order valence-corrected chi connectivity index (χ3v) is 7.77. The molecule has 3 N–H and O–H groups in total. The van der Waals surface area contributed by atoms with Crippen LogP contribution in [-0.2, 0) is 9.59 Å². The Bertz CT molecular complexity index is 1520. The van der Waals surface area contributed by atoms with Crippen molar-refractivity contribution < 1.29 is 14.4 Å². The first kappa shape index (κ1) is 28.3. The minimum absolute atomic E-state index is 0.0893.